The fourth-order valence-electron chi connectivity index (χ4n) is 1.66. The van der Waals surface area contributed by atoms with Gasteiger partial charge in [0.05, 0.1) is 12.7 Å². The Balaban J connectivity index is 2.02. The number of allylic oxidation sites excluding steroid dienone is 1. The summed E-state index contributed by atoms with van der Waals surface area (Å²) in [6, 6.07) is 0. The van der Waals surface area contributed by atoms with Gasteiger partial charge in [0.2, 0.25) is 0 Å². The van der Waals surface area contributed by atoms with Gasteiger partial charge in [0, 0.05) is 19.0 Å². The normalized spacial score (nSPS) is 39.2. The smallest absolute Gasteiger partial charge is 0.0746 e. The van der Waals surface area contributed by atoms with Crippen molar-refractivity contribution < 1.29 is 4.74 Å². The van der Waals surface area contributed by atoms with Crippen molar-refractivity contribution in [2.45, 2.75) is 12.5 Å². The number of ether oxygens (including phenoxy) is 1. The molecule has 2 aliphatic heterocycles. The lowest BCUT2D eigenvalue weighted by molar-refractivity contribution is 0.0630. The van der Waals surface area contributed by atoms with E-state index in [1.807, 2.05) is 0 Å². The molecule has 10 heavy (non-hydrogen) atoms. The van der Waals surface area contributed by atoms with Crippen LogP contribution < -0.4 is 5.32 Å². The third-order valence-electron chi connectivity index (χ3n) is 2.29. The molecule has 1 N–H and O–H groups in total. The summed E-state index contributed by atoms with van der Waals surface area (Å²) in [5, 5.41) is 3.33. The van der Waals surface area contributed by atoms with Crippen molar-refractivity contribution in [1.82, 2.24) is 5.32 Å². The molecular weight excluding hydrogens is 126 g/mol. The first kappa shape index (κ1) is 6.38. The number of nitrogens with one attached hydrogen (secondary N) is 1. The topological polar surface area (TPSA) is 21.3 Å². The minimum absolute atomic E-state index is 0.481. The quantitative estimate of drug-likeness (QED) is 0.495. The summed E-state index contributed by atoms with van der Waals surface area (Å²) >= 11 is 0. The molecule has 0 aromatic heterocycles. The van der Waals surface area contributed by atoms with Gasteiger partial charge >= 0.3 is 0 Å². The Morgan fingerprint density at radius 2 is 2.30 bits per heavy atom. The molecule has 0 spiro atoms. The monoisotopic (exact) mass is 139 g/mol. The van der Waals surface area contributed by atoms with Crippen molar-refractivity contribution in [1.29, 1.82) is 0 Å². The molecule has 2 heterocycles. The number of rotatable bonds is 0. The summed E-state index contributed by atoms with van der Waals surface area (Å²) in [7, 11) is 0. The highest BCUT2D eigenvalue weighted by atomic mass is 16.5. The Labute approximate surface area is 61.3 Å². The van der Waals surface area contributed by atoms with Crippen molar-refractivity contribution in [3.63, 3.8) is 0 Å². The molecule has 2 rings (SSSR count). The van der Waals surface area contributed by atoms with Crippen LogP contribution in [0, 0.1) is 5.92 Å². The molecule has 2 atom stereocenters. The van der Waals surface area contributed by atoms with Crippen molar-refractivity contribution in [3.8, 4) is 0 Å². The lowest BCUT2D eigenvalue weighted by Crippen LogP contribution is -2.20. The average molecular weight is 139 g/mol. The molecule has 0 amide bonds. The van der Waals surface area contributed by atoms with Crippen LogP contribution in [0.3, 0.4) is 0 Å². The highest BCUT2D eigenvalue weighted by molar-refractivity contribution is 4.94. The van der Waals surface area contributed by atoms with Gasteiger partial charge in [0.25, 0.3) is 0 Å². The van der Waals surface area contributed by atoms with E-state index in [1.165, 1.54) is 6.42 Å². The fourth-order valence-corrected chi connectivity index (χ4v) is 1.66. The van der Waals surface area contributed by atoms with Crippen LogP contribution in [0.15, 0.2) is 12.2 Å². The second kappa shape index (κ2) is 2.72. The molecule has 2 aliphatic rings. The highest BCUT2D eigenvalue weighted by Gasteiger charge is 2.27. The van der Waals surface area contributed by atoms with Gasteiger partial charge in [-0.05, 0) is 6.42 Å². The summed E-state index contributed by atoms with van der Waals surface area (Å²) in [6.45, 7) is 2.99. The van der Waals surface area contributed by atoms with Gasteiger partial charge < -0.3 is 10.1 Å². The van der Waals surface area contributed by atoms with Gasteiger partial charge in [-0.2, -0.15) is 0 Å². The van der Waals surface area contributed by atoms with E-state index < -0.39 is 0 Å². The molecule has 0 aromatic carbocycles. The first-order valence-electron chi connectivity index (χ1n) is 3.94. The van der Waals surface area contributed by atoms with E-state index in [2.05, 4.69) is 17.5 Å². The van der Waals surface area contributed by atoms with Crippen molar-refractivity contribution in [2.24, 2.45) is 5.92 Å². The summed E-state index contributed by atoms with van der Waals surface area (Å²) in [4.78, 5) is 0. The van der Waals surface area contributed by atoms with Crippen LogP contribution >= 0.6 is 0 Å². The largest absolute Gasteiger partial charge is 0.372 e. The van der Waals surface area contributed by atoms with Crippen LogP contribution in [-0.2, 0) is 4.74 Å². The van der Waals surface area contributed by atoms with Crippen molar-refractivity contribution in [2.75, 3.05) is 19.7 Å². The van der Waals surface area contributed by atoms with Crippen LogP contribution in [0.2, 0.25) is 0 Å². The first-order valence-corrected chi connectivity index (χ1v) is 3.94. The zero-order chi connectivity index (χ0) is 6.81. The molecule has 2 heteroatoms. The predicted molar refractivity (Wildman–Crippen MR) is 39.9 cm³/mol. The Hall–Kier alpha value is -0.340. The molecule has 2 nitrogen and oxygen atoms in total. The Kier molecular flexibility index (Phi) is 1.74. The summed E-state index contributed by atoms with van der Waals surface area (Å²) in [5.74, 6) is 0.735. The van der Waals surface area contributed by atoms with E-state index in [0.29, 0.717) is 6.10 Å². The summed E-state index contributed by atoms with van der Waals surface area (Å²) in [6.07, 6.45) is 6.03. The molecule has 56 valence electrons. The van der Waals surface area contributed by atoms with Gasteiger partial charge in [-0.15, -0.1) is 0 Å². The standard InChI is InChI=1S/C8H13NO/c1-2-4-10-8-6-9-5-7(8)3-1/h1-2,7-9H,3-6H2/t7-,8-/m1/s1. The average Bonchev–Trinajstić information content (AvgIpc) is 2.28. The second-order valence-electron chi connectivity index (χ2n) is 3.00. The summed E-state index contributed by atoms with van der Waals surface area (Å²) < 4.78 is 5.58. The van der Waals surface area contributed by atoms with Crippen LogP contribution in [0.1, 0.15) is 6.42 Å². The maximum absolute atomic E-state index is 5.58. The maximum Gasteiger partial charge on any atom is 0.0746 e. The lowest BCUT2D eigenvalue weighted by atomic mass is 10.0. The van der Waals surface area contributed by atoms with Gasteiger partial charge in [0.1, 0.15) is 0 Å². The predicted octanol–water partition coefficient (Wildman–Crippen LogP) is 0.551. The second-order valence-corrected chi connectivity index (χ2v) is 3.00. The van der Waals surface area contributed by atoms with E-state index in [4.69, 9.17) is 4.74 Å². The maximum atomic E-state index is 5.58. The number of hydrogen-bond acceptors (Lipinski definition) is 2. The van der Waals surface area contributed by atoms with Crippen LogP contribution in [0.25, 0.3) is 0 Å². The molecule has 0 saturated carbocycles. The third kappa shape index (κ3) is 1.09. The molecule has 0 aliphatic carbocycles. The first-order chi connectivity index (χ1) is 4.97. The molecule has 1 saturated heterocycles. The zero-order valence-electron chi connectivity index (χ0n) is 6.05. The van der Waals surface area contributed by atoms with Crippen LogP contribution in [-0.4, -0.2) is 25.8 Å². The highest BCUT2D eigenvalue weighted by Crippen LogP contribution is 2.19. The van der Waals surface area contributed by atoms with E-state index in [0.717, 1.165) is 25.6 Å². The SMILES string of the molecule is C1=CC[C@@H]2CNC[C@H]2OC1. The Bertz CT molecular complexity index is 144. The van der Waals surface area contributed by atoms with E-state index in [9.17, 15) is 0 Å². The van der Waals surface area contributed by atoms with Crippen LogP contribution in [0.4, 0.5) is 0 Å². The van der Waals surface area contributed by atoms with Crippen molar-refractivity contribution in [3.05, 3.63) is 12.2 Å². The molecule has 0 bridgehead atoms. The molecule has 0 unspecified atom stereocenters. The van der Waals surface area contributed by atoms with Crippen molar-refractivity contribution >= 4 is 0 Å². The van der Waals surface area contributed by atoms with Crippen LogP contribution in [0.5, 0.6) is 0 Å². The van der Waals surface area contributed by atoms with E-state index in [-0.39, 0.29) is 0 Å². The van der Waals surface area contributed by atoms with Gasteiger partial charge in [-0.1, -0.05) is 12.2 Å². The third-order valence-corrected chi connectivity index (χ3v) is 2.29. The van der Waals surface area contributed by atoms with Gasteiger partial charge in [-0.25, -0.2) is 0 Å². The molecule has 0 radical (unpaired) electrons. The Morgan fingerprint density at radius 3 is 3.30 bits per heavy atom. The Morgan fingerprint density at radius 1 is 1.30 bits per heavy atom. The van der Waals surface area contributed by atoms with Gasteiger partial charge in [0.15, 0.2) is 0 Å². The number of fused-ring (bicyclic) bond motifs is 1. The minimum Gasteiger partial charge on any atom is -0.372 e. The fraction of sp³-hybridized carbons (Fsp3) is 0.750. The minimum atomic E-state index is 0.481. The summed E-state index contributed by atoms with van der Waals surface area (Å²) in [5.41, 5.74) is 0. The zero-order valence-corrected chi connectivity index (χ0v) is 6.05. The molecular formula is C8H13NO. The van der Waals surface area contributed by atoms with E-state index >= 15 is 0 Å². The van der Waals surface area contributed by atoms with E-state index in [1.54, 1.807) is 0 Å². The number of hydrogen-bond donors (Lipinski definition) is 1. The molecule has 0 aromatic rings. The van der Waals surface area contributed by atoms with Gasteiger partial charge in [-0.3, -0.25) is 0 Å². The lowest BCUT2D eigenvalue weighted by Gasteiger charge is -2.13. The molecule has 1 fully saturated rings.